The molecule has 23 heavy (non-hydrogen) atoms. The molecular formula is C18H27F3N2. The highest BCUT2D eigenvalue weighted by atomic mass is 19.4. The summed E-state index contributed by atoms with van der Waals surface area (Å²) in [5.74, 6) is 0.515. The van der Waals surface area contributed by atoms with Gasteiger partial charge >= 0.3 is 6.18 Å². The summed E-state index contributed by atoms with van der Waals surface area (Å²) < 4.78 is 40.6. The zero-order valence-electron chi connectivity index (χ0n) is 14.2. The van der Waals surface area contributed by atoms with Crippen molar-refractivity contribution in [3.63, 3.8) is 0 Å². The zero-order chi connectivity index (χ0) is 17.0. The molecule has 2 rings (SSSR count). The van der Waals surface area contributed by atoms with Crippen molar-refractivity contribution in [1.82, 2.24) is 5.32 Å². The molecule has 1 saturated heterocycles. The van der Waals surface area contributed by atoms with Crippen LogP contribution in [0.1, 0.15) is 55.7 Å². The molecule has 0 aliphatic carbocycles. The molecule has 0 aromatic heterocycles. The Labute approximate surface area is 136 Å². The molecular weight excluding hydrogens is 301 g/mol. The van der Waals surface area contributed by atoms with Crippen LogP contribution < -0.4 is 10.6 Å². The highest BCUT2D eigenvalue weighted by Crippen LogP contribution is 2.42. The lowest BCUT2D eigenvalue weighted by atomic mass is 9.86. The van der Waals surface area contributed by atoms with E-state index in [4.69, 9.17) is 0 Å². The lowest BCUT2D eigenvalue weighted by Crippen LogP contribution is -2.16. The largest absolute Gasteiger partial charge is 0.418 e. The van der Waals surface area contributed by atoms with Gasteiger partial charge in [-0.1, -0.05) is 19.9 Å². The first-order valence-electron chi connectivity index (χ1n) is 8.45. The average molecular weight is 328 g/mol. The van der Waals surface area contributed by atoms with Gasteiger partial charge in [-0.3, -0.25) is 0 Å². The Balaban J connectivity index is 2.52. The molecule has 0 amide bonds. The molecule has 130 valence electrons. The first-order chi connectivity index (χ1) is 10.8. The van der Waals surface area contributed by atoms with Crippen LogP contribution in [0.2, 0.25) is 0 Å². The third-order valence-electron chi connectivity index (χ3n) is 4.44. The number of hydrogen-bond acceptors (Lipinski definition) is 2. The fraction of sp³-hybridized carbons (Fsp3) is 0.667. The molecule has 5 heteroatoms. The number of rotatable bonds is 4. The van der Waals surface area contributed by atoms with Crippen LogP contribution in [-0.4, -0.2) is 20.1 Å². The van der Waals surface area contributed by atoms with Crippen molar-refractivity contribution in [1.29, 1.82) is 0 Å². The first kappa shape index (κ1) is 18.1. The predicted octanol–water partition coefficient (Wildman–Crippen LogP) is 4.80. The molecule has 1 atom stereocenters. The summed E-state index contributed by atoms with van der Waals surface area (Å²) in [5.41, 5.74) is 1.36. The number of benzene rings is 1. The van der Waals surface area contributed by atoms with E-state index in [9.17, 15) is 13.2 Å². The molecule has 1 aromatic rings. The van der Waals surface area contributed by atoms with Gasteiger partial charge in [-0.2, -0.15) is 13.2 Å². The third kappa shape index (κ3) is 4.63. The quantitative estimate of drug-likeness (QED) is 0.829. The summed E-state index contributed by atoms with van der Waals surface area (Å²) in [6.45, 7) is 5.88. The average Bonchev–Trinajstić information content (AvgIpc) is 2.73. The smallest absolute Gasteiger partial charge is 0.387 e. The van der Waals surface area contributed by atoms with Gasteiger partial charge in [0.15, 0.2) is 0 Å². The van der Waals surface area contributed by atoms with Crippen molar-refractivity contribution in [3.8, 4) is 0 Å². The van der Waals surface area contributed by atoms with Gasteiger partial charge < -0.3 is 10.6 Å². The molecule has 0 bridgehead atoms. The highest BCUT2D eigenvalue weighted by molar-refractivity contribution is 5.61. The van der Waals surface area contributed by atoms with Crippen LogP contribution in [-0.2, 0) is 12.6 Å². The van der Waals surface area contributed by atoms with Crippen molar-refractivity contribution in [2.24, 2.45) is 5.92 Å². The molecule has 2 nitrogen and oxygen atoms in total. The van der Waals surface area contributed by atoms with Gasteiger partial charge in [0.05, 0.1) is 5.56 Å². The van der Waals surface area contributed by atoms with E-state index >= 15 is 0 Å². The molecule has 1 heterocycles. The van der Waals surface area contributed by atoms with Gasteiger partial charge in [-0.25, -0.2) is 0 Å². The van der Waals surface area contributed by atoms with Crippen LogP contribution in [0.25, 0.3) is 0 Å². The molecule has 1 aliphatic rings. The van der Waals surface area contributed by atoms with Crippen LogP contribution in [0, 0.1) is 5.92 Å². The molecule has 1 aliphatic heterocycles. The summed E-state index contributed by atoms with van der Waals surface area (Å²) in [6.07, 6.45) is -0.834. The van der Waals surface area contributed by atoms with E-state index in [2.05, 4.69) is 10.6 Å². The van der Waals surface area contributed by atoms with Gasteiger partial charge in [-0.15, -0.1) is 0 Å². The summed E-state index contributed by atoms with van der Waals surface area (Å²) in [4.78, 5) is 0. The number of nitrogens with one attached hydrogen (secondary N) is 2. The minimum Gasteiger partial charge on any atom is -0.387 e. The lowest BCUT2D eigenvalue weighted by Gasteiger charge is -2.24. The Bertz CT molecular complexity index is 516. The number of alkyl halides is 3. The van der Waals surface area contributed by atoms with E-state index in [1.807, 2.05) is 19.9 Å². The third-order valence-corrected chi connectivity index (χ3v) is 4.44. The van der Waals surface area contributed by atoms with Crippen molar-refractivity contribution in [3.05, 3.63) is 28.8 Å². The van der Waals surface area contributed by atoms with Gasteiger partial charge in [0, 0.05) is 12.7 Å². The summed E-state index contributed by atoms with van der Waals surface area (Å²) in [6, 6.07) is 3.32. The van der Waals surface area contributed by atoms with E-state index in [1.165, 1.54) is 6.07 Å². The molecule has 1 unspecified atom stereocenters. The SMILES string of the molecule is CNc1c(C2CCCNCC2)cc(CC(C)C)cc1C(F)(F)F. The van der Waals surface area contributed by atoms with Crippen molar-refractivity contribution >= 4 is 5.69 Å². The standard InChI is InChI=1S/C18H27F3N2/c1-12(2)9-13-10-15(14-5-4-7-23-8-6-14)17(22-3)16(11-13)18(19,20)21/h10-12,14,22-23H,4-9H2,1-3H3. The summed E-state index contributed by atoms with van der Waals surface area (Å²) in [7, 11) is 1.59. The monoisotopic (exact) mass is 328 g/mol. The van der Waals surface area contributed by atoms with Crippen molar-refractivity contribution in [2.75, 3.05) is 25.5 Å². The fourth-order valence-corrected chi connectivity index (χ4v) is 3.47. The normalized spacial score (nSPS) is 19.7. The van der Waals surface area contributed by atoms with Crippen LogP contribution in [0.4, 0.5) is 18.9 Å². The second-order valence-electron chi connectivity index (χ2n) is 6.83. The van der Waals surface area contributed by atoms with Crippen LogP contribution >= 0.6 is 0 Å². The maximum absolute atomic E-state index is 13.5. The summed E-state index contributed by atoms with van der Waals surface area (Å²) >= 11 is 0. The highest BCUT2D eigenvalue weighted by Gasteiger charge is 2.36. The Morgan fingerprint density at radius 1 is 1.22 bits per heavy atom. The van der Waals surface area contributed by atoms with Gasteiger partial charge in [0.2, 0.25) is 0 Å². The summed E-state index contributed by atoms with van der Waals surface area (Å²) in [5, 5.41) is 6.16. The maximum atomic E-state index is 13.5. The van der Waals surface area contributed by atoms with Crippen LogP contribution in [0.5, 0.6) is 0 Å². The van der Waals surface area contributed by atoms with E-state index in [-0.39, 0.29) is 11.6 Å². The molecule has 2 N–H and O–H groups in total. The fourth-order valence-electron chi connectivity index (χ4n) is 3.47. The Morgan fingerprint density at radius 3 is 2.57 bits per heavy atom. The second kappa shape index (κ2) is 7.56. The molecule has 0 saturated carbocycles. The van der Waals surface area contributed by atoms with Gasteiger partial charge in [-0.05, 0) is 67.8 Å². The molecule has 0 spiro atoms. The zero-order valence-corrected chi connectivity index (χ0v) is 14.2. The first-order valence-corrected chi connectivity index (χ1v) is 8.45. The van der Waals surface area contributed by atoms with Crippen LogP contribution in [0.3, 0.4) is 0 Å². The Morgan fingerprint density at radius 2 is 1.96 bits per heavy atom. The maximum Gasteiger partial charge on any atom is 0.418 e. The Kier molecular flexibility index (Phi) is 5.95. The van der Waals surface area contributed by atoms with E-state index in [1.54, 1.807) is 7.05 Å². The van der Waals surface area contributed by atoms with E-state index in [0.29, 0.717) is 12.3 Å². The van der Waals surface area contributed by atoms with Gasteiger partial charge in [0.25, 0.3) is 0 Å². The van der Waals surface area contributed by atoms with E-state index in [0.717, 1.165) is 43.5 Å². The van der Waals surface area contributed by atoms with Crippen LogP contribution in [0.15, 0.2) is 12.1 Å². The minimum atomic E-state index is -4.33. The molecule has 1 aromatic carbocycles. The molecule has 1 fully saturated rings. The second-order valence-corrected chi connectivity index (χ2v) is 6.83. The minimum absolute atomic E-state index is 0.181. The van der Waals surface area contributed by atoms with Gasteiger partial charge in [0.1, 0.15) is 0 Å². The predicted molar refractivity (Wildman–Crippen MR) is 89.0 cm³/mol. The van der Waals surface area contributed by atoms with Crippen molar-refractivity contribution in [2.45, 2.75) is 51.6 Å². The number of halogens is 3. The number of anilines is 1. The topological polar surface area (TPSA) is 24.1 Å². The number of hydrogen-bond donors (Lipinski definition) is 2. The van der Waals surface area contributed by atoms with Crippen molar-refractivity contribution < 1.29 is 13.2 Å². The lowest BCUT2D eigenvalue weighted by molar-refractivity contribution is -0.137. The Hall–Kier alpha value is -1.23. The van der Waals surface area contributed by atoms with E-state index < -0.39 is 11.7 Å². The molecule has 0 radical (unpaired) electrons.